The lowest BCUT2D eigenvalue weighted by molar-refractivity contribution is -0.132. The Morgan fingerprint density at radius 1 is 0.938 bits per heavy atom. The summed E-state index contributed by atoms with van der Waals surface area (Å²) < 4.78 is 24.3. The molecule has 0 aromatic heterocycles. The van der Waals surface area contributed by atoms with Crippen LogP contribution in [-0.4, -0.2) is 70.2 Å². The fourth-order valence-corrected chi connectivity index (χ4v) is 5.23. The van der Waals surface area contributed by atoms with Crippen molar-refractivity contribution < 1.29 is 13.2 Å². The molecule has 6 nitrogen and oxygen atoms in total. The summed E-state index contributed by atoms with van der Waals surface area (Å²) in [5.41, 5.74) is 8.48. The number of carbonyl (C=O) groups is 1. The van der Waals surface area contributed by atoms with Gasteiger partial charge in [0.15, 0.2) is 9.84 Å². The molecule has 1 aliphatic rings. The fraction of sp³-hybridized carbons (Fsp3) is 0.720. The zero-order chi connectivity index (χ0) is 24.6. The van der Waals surface area contributed by atoms with Crippen LogP contribution < -0.4 is 5.73 Å². The van der Waals surface area contributed by atoms with Gasteiger partial charge in [0, 0.05) is 38.9 Å². The number of nitrogens with zero attached hydrogens (tertiary/aromatic N) is 2. The van der Waals surface area contributed by atoms with Gasteiger partial charge in [-0.2, -0.15) is 0 Å². The normalized spacial score (nSPS) is 15.3. The van der Waals surface area contributed by atoms with Gasteiger partial charge < -0.3 is 15.5 Å². The highest BCUT2D eigenvalue weighted by molar-refractivity contribution is 7.90. The van der Waals surface area contributed by atoms with E-state index in [0.29, 0.717) is 23.8 Å². The second-order valence-electron chi connectivity index (χ2n) is 9.84. The largest absolute Gasteiger partial charge is 0.340 e. The minimum absolute atomic E-state index is 0.209. The Morgan fingerprint density at radius 2 is 1.41 bits per heavy atom. The molecule has 2 N–H and O–H groups in total. The van der Waals surface area contributed by atoms with Gasteiger partial charge >= 0.3 is 0 Å². The number of amides is 1. The number of piperazine rings is 1. The van der Waals surface area contributed by atoms with E-state index in [1.807, 2.05) is 4.90 Å². The standard InChI is InChI=1S/C16H26O2S.C9H19N3O/c1-10(2)13-8-14(11(3)4)16(19(7,17)18)15(9-13)12(5)6;1-11-5-7-12(8-6-11)9(13)3-2-4-10/h8-12H,1-7H3;2-8,10H2,1H3. The van der Waals surface area contributed by atoms with Crippen molar-refractivity contribution in [2.75, 3.05) is 46.0 Å². The maximum absolute atomic E-state index is 12.2. The van der Waals surface area contributed by atoms with Gasteiger partial charge in [-0.1, -0.05) is 53.7 Å². The minimum Gasteiger partial charge on any atom is -0.340 e. The van der Waals surface area contributed by atoms with Crippen LogP contribution in [0.1, 0.15) is 88.8 Å². The highest BCUT2D eigenvalue weighted by Crippen LogP contribution is 2.34. The summed E-state index contributed by atoms with van der Waals surface area (Å²) in [6, 6.07) is 4.13. The molecule has 1 aliphatic heterocycles. The summed E-state index contributed by atoms with van der Waals surface area (Å²) >= 11 is 0. The topological polar surface area (TPSA) is 83.7 Å². The molecule has 184 valence electrons. The third-order valence-corrected chi connectivity index (χ3v) is 7.11. The van der Waals surface area contributed by atoms with E-state index in [2.05, 4.69) is 65.6 Å². The summed E-state index contributed by atoms with van der Waals surface area (Å²) in [4.78, 5) is 16.2. The Bertz CT molecular complexity index is 811. The van der Waals surface area contributed by atoms with E-state index in [-0.39, 0.29) is 17.7 Å². The molecule has 1 amide bonds. The minimum atomic E-state index is -3.20. The van der Waals surface area contributed by atoms with Gasteiger partial charge in [0.25, 0.3) is 0 Å². The molecule has 0 bridgehead atoms. The third kappa shape index (κ3) is 8.49. The van der Waals surface area contributed by atoms with Gasteiger partial charge in [-0.05, 0) is 54.5 Å². The predicted molar refractivity (Wildman–Crippen MR) is 134 cm³/mol. The monoisotopic (exact) mass is 467 g/mol. The van der Waals surface area contributed by atoms with E-state index in [1.54, 1.807) is 0 Å². The van der Waals surface area contributed by atoms with Crippen molar-refractivity contribution in [2.45, 2.75) is 77.0 Å². The zero-order valence-corrected chi connectivity index (χ0v) is 22.3. The number of carbonyl (C=O) groups excluding carboxylic acids is 1. The van der Waals surface area contributed by atoms with Crippen molar-refractivity contribution in [1.82, 2.24) is 9.80 Å². The maximum atomic E-state index is 12.2. The molecule has 1 aromatic rings. The number of sulfone groups is 1. The van der Waals surface area contributed by atoms with Crippen LogP contribution in [0.4, 0.5) is 0 Å². The number of nitrogens with two attached hydrogens (primary N) is 1. The van der Waals surface area contributed by atoms with Crippen molar-refractivity contribution in [1.29, 1.82) is 0 Å². The Morgan fingerprint density at radius 3 is 1.75 bits per heavy atom. The predicted octanol–water partition coefficient (Wildman–Crippen LogP) is 3.96. The van der Waals surface area contributed by atoms with E-state index in [0.717, 1.165) is 43.7 Å². The number of hydrogen-bond acceptors (Lipinski definition) is 5. The number of likely N-dealkylation sites (N-methyl/N-ethyl adjacent to an activating group) is 1. The molecule has 7 heteroatoms. The molecule has 0 radical (unpaired) electrons. The van der Waals surface area contributed by atoms with Gasteiger partial charge in [0.1, 0.15) is 0 Å². The van der Waals surface area contributed by atoms with Gasteiger partial charge in [-0.25, -0.2) is 8.42 Å². The molecule has 2 rings (SSSR count). The fourth-order valence-electron chi connectivity index (χ4n) is 3.78. The second-order valence-corrected chi connectivity index (χ2v) is 11.8. The quantitative estimate of drug-likeness (QED) is 0.656. The van der Waals surface area contributed by atoms with E-state index in [4.69, 9.17) is 5.73 Å². The Balaban J connectivity index is 0.000000343. The average Bonchev–Trinajstić information content (AvgIpc) is 2.71. The smallest absolute Gasteiger partial charge is 0.222 e. The van der Waals surface area contributed by atoms with Gasteiger partial charge in [-0.15, -0.1) is 0 Å². The molecule has 1 aromatic carbocycles. The van der Waals surface area contributed by atoms with Crippen LogP contribution >= 0.6 is 0 Å². The van der Waals surface area contributed by atoms with Crippen molar-refractivity contribution in [3.05, 3.63) is 28.8 Å². The molecule has 32 heavy (non-hydrogen) atoms. The number of benzene rings is 1. The molecule has 0 aliphatic carbocycles. The lowest BCUT2D eigenvalue weighted by Crippen LogP contribution is -2.47. The average molecular weight is 468 g/mol. The first-order valence-electron chi connectivity index (χ1n) is 11.8. The first-order valence-corrected chi connectivity index (χ1v) is 13.7. The van der Waals surface area contributed by atoms with E-state index >= 15 is 0 Å². The van der Waals surface area contributed by atoms with Crippen molar-refractivity contribution in [2.24, 2.45) is 5.73 Å². The lowest BCUT2D eigenvalue weighted by Gasteiger charge is -2.32. The van der Waals surface area contributed by atoms with Gasteiger partial charge in [0.05, 0.1) is 4.90 Å². The van der Waals surface area contributed by atoms with Crippen LogP contribution in [0, 0.1) is 0 Å². The summed E-state index contributed by atoms with van der Waals surface area (Å²) in [6.45, 7) is 16.8. The van der Waals surface area contributed by atoms with Crippen molar-refractivity contribution >= 4 is 15.7 Å². The molecule has 0 saturated carbocycles. The molecule has 0 atom stereocenters. The number of hydrogen-bond donors (Lipinski definition) is 1. The second kappa shape index (κ2) is 12.7. The van der Waals surface area contributed by atoms with Crippen LogP contribution in [0.3, 0.4) is 0 Å². The molecule has 1 fully saturated rings. The molecular formula is C25H45N3O3S. The van der Waals surface area contributed by atoms with Crippen molar-refractivity contribution in [3.8, 4) is 0 Å². The van der Waals surface area contributed by atoms with Crippen LogP contribution in [0.2, 0.25) is 0 Å². The van der Waals surface area contributed by atoms with Crippen LogP contribution in [0.15, 0.2) is 17.0 Å². The molecule has 0 spiro atoms. The summed E-state index contributed by atoms with van der Waals surface area (Å²) in [7, 11) is -1.11. The first-order chi connectivity index (χ1) is 14.8. The molecule has 1 saturated heterocycles. The molecular weight excluding hydrogens is 422 g/mol. The summed E-state index contributed by atoms with van der Waals surface area (Å²) in [5.74, 6) is 1.09. The Hall–Kier alpha value is -1.44. The van der Waals surface area contributed by atoms with Crippen LogP contribution in [0.5, 0.6) is 0 Å². The molecule has 1 heterocycles. The van der Waals surface area contributed by atoms with Crippen LogP contribution in [-0.2, 0) is 14.6 Å². The third-order valence-electron chi connectivity index (χ3n) is 5.90. The SMILES string of the molecule is CC(C)c1cc(C(C)C)c(S(C)(=O)=O)c(C(C)C)c1.CN1CCN(C(=O)CCCN)CC1. The first kappa shape index (κ1) is 28.6. The number of rotatable bonds is 7. The van der Waals surface area contributed by atoms with Gasteiger partial charge in [0.2, 0.25) is 5.91 Å². The van der Waals surface area contributed by atoms with E-state index in [1.165, 1.54) is 11.8 Å². The highest BCUT2D eigenvalue weighted by atomic mass is 32.2. The van der Waals surface area contributed by atoms with E-state index < -0.39 is 9.84 Å². The summed E-state index contributed by atoms with van der Waals surface area (Å²) in [6.07, 6.45) is 2.74. The van der Waals surface area contributed by atoms with Crippen molar-refractivity contribution in [3.63, 3.8) is 0 Å². The zero-order valence-electron chi connectivity index (χ0n) is 21.4. The molecule has 0 unspecified atom stereocenters. The Labute approximate surface area is 196 Å². The maximum Gasteiger partial charge on any atom is 0.222 e. The van der Waals surface area contributed by atoms with E-state index in [9.17, 15) is 13.2 Å². The van der Waals surface area contributed by atoms with Gasteiger partial charge in [-0.3, -0.25) is 4.79 Å². The summed E-state index contributed by atoms with van der Waals surface area (Å²) in [5, 5.41) is 0. The Kier molecular flexibility index (Phi) is 11.4. The lowest BCUT2D eigenvalue weighted by atomic mass is 9.89. The highest BCUT2D eigenvalue weighted by Gasteiger charge is 2.23. The van der Waals surface area contributed by atoms with Crippen LogP contribution in [0.25, 0.3) is 0 Å².